The number of rotatable bonds is 4. The number of hydrogen-bond acceptors (Lipinski definition) is 5. The third-order valence-corrected chi connectivity index (χ3v) is 6.55. The van der Waals surface area contributed by atoms with Crippen LogP contribution in [0, 0.1) is 5.92 Å². The molecule has 3 aliphatic rings. The molecule has 0 bridgehead atoms. The van der Waals surface area contributed by atoms with E-state index in [4.69, 9.17) is 0 Å². The first kappa shape index (κ1) is 18.1. The van der Waals surface area contributed by atoms with Crippen LogP contribution in [0.15, 0.2) is 36.7 Å². The van der Waals surface area contributed by atoms with Gasteiger partial charge >= 0.3 is 0 Å². The van der Waals surface area contributed by atoms with Crippen molar-refractivity contribution in [2.45, 2.75) is 31.1 Å². The van der Waals surface area contributed by atoms with Crippen LogP contribution < -0.4 is 15.1 Å². The summed E-state index contributed by atoms with van der Waals surface area (Å²) in [6.45, 7) is 2.16. The predicted molar refractivity (Wildman–Crippen MR) is 110 cm³/mol. The molecule has 5 rings (SSSR count). The summed E-state index contributed by atoms with van der Waals surface area (Å²) in [4.78, 5) is 38.4. The number of aromatic nitrogens is 2. The van der Waals surface area contributed by atoms with Crippen LogP contribution in [-0.2, 0) is 10.2 Å². The number of hydrogen-bond donors (Lipinski definition) is 1. The highest BCUT2D eigenvalue weighted by molar-refractivity contribution is 6.09. The summed E-state index contributed by atoms with van der Waals surface area (Å²) in [7, 11) is 1.83. The molecule has 2 aliphatic heterocycles. The molecule has 29 heavy (non-hydrogen) atoms. The molecule has 3 heterocycles. The van der Waals surface area contributed by atoms with Gasteiger partial charge in [-0.05, 0) is 61.4 Å². The minimum Gasteiger partial charge on any atom is -0.352 e. The zero-order chi connectivity index (χ0) is 20.0. The van der Waals surface area contributed by atoms with E-state index in [0.717, 1.165) is 17.8 Å². The molecule has 0 unspecified atom stereocenters. The molecule has 1 aliphatic carbocycles. The maximum absolute atomic E-state index is 13.3. The number of fused-ring (bicyclic) bond motifs is 2. The highest BCUT2D eigenvalue weighted by atomic mass is 16.2. The summed E-state index contributed by atoms with van der Waals surface area (Å²) < 4.78 is 0. The minimum absolute atomic E-state index is 0.0491. The number of piperidine rings is 1. The van der Waals surface area contributed by atoms with E-state index in [9.17, 15) is 9.59 Å². The van der Waals surface area contributed by atoms with Gasteiger partial charge < -0.3 is 15.1 Å². The van der Waals surface area contributed by atoms with Crippen molar-refractivity contribution in [3.05, 3.63) is 47.8 Å². The number of amides is 2. The average Bonchev–Trinajstić information content (AvgIpc) is 3.58. The van der Waals surface area contributed by atoms with Crippen LogP contribution in [0.4, 0.5) is 11.6 Å². The van der Waals surface area contributed by atoms with Crippen molar-refractivity contribution in [3.8, 4) is 0 Å². The molecule has 7 nitrogen and oxygen atoms in total. The number of anilines is 2. The Bertz CT molecular complexity index is 949. The smallest absolute Gasteiger partial charge is 0.251 e. The quantitative estimate of drug-likeness (QED) is 0.864. The molecule has 2 amide bonds. The molecule has 150 valence electrons. The highest BCUT2D eigenvalue weighted by Gasteiger charge is 2.51. The van der Waals surface area contributed by atoms with Crippen molar-refractivity contribution in [1.82, 2.24) is 15.3 Å². The lowest BCUT2D eigenvalue weighted by molar-refractivity contribution is -0.123. The van der Waals surface area contributed by atoms with Gasteiger partial charge in [-0.2, -0.15) is 0 Å². The summed E-state index contributed by atoms with van der Waals surface area (Å²) in [5, 5.41) is 3.03. The third kappa shape index (κ3) is 3.05. The number of carbonyl (C=O) groups is 2. The topological polar surface area (TPSA) is 78.4 Å². The van der Waals surface area contributed by atoms with Gasteiger partial charge in [-0.25, -0.2) is 9.97 Å². The number of benzene rings is 1. The van der Waals surface area contributed by atoms with E-state index in [1.807, 2.05) is 25.2 Å². The fourth-order valence-electron chi connectivity index (χ4n) is 4.59. The summed E-state index contributed by atoms with van der Waals surface area (Å²) >= 11 is 0. The first-order valence-electron chi connectivity index (χ1n) is 10.3. The molecule has 1 saturated carbocycles. The molecule has 1 saturated heterocycles. The summed E-state index contributed by atoms with van der Waals surface area (Å²) in [5.41, 5.74) is 1.97. The van der Waals surface area contributed by atoms with Crippen LogP contribution in [0.3, 0.4) is 0 Å². The van der Waals surface area contributed by atoms with Crippen LogP contribution in [0.5, 0.6) is 0 Å². The van der Waals surface area contributed by atoms with Gasteiger partial charge in [0.15, 0.2) is 0 Å². The van der Waals surface area contributed by atoms with Gasteiger partial charge in [-0.1, -0.05) is 0 Å². The van der Waals surface area contributed by atoms with Gasteiger partial charge in [-0.3, -0.25) is 9.59 Å². The van der Waals surface area contributed by atoms with Crippen LogP contribution in [-0.4, -0.2) is 48.5 Å². The van der Waals surface area contributed by atoms with E-state index in [0.29, 0.717) is 43.4 Å². The van der Waals surface area contributed by atoms with E-state index >= 15 is 0 Å². The lowest BCUT2D eigenvalue weighted by Gasteiger charge is -2.38. The Balaban J connectivity index is 1.41. The number of nitrogens with zero attached hydrogens (tertiary/aromatic N) is 4. The maximum atomic E-state index is 13.3. The van der Waals surface area contributed by atoms with E-state index in [2.05, 4.69) is 20.2 Å². The number of nitrogens with one attached hydrogen (secondary N) is 1. The van der Waals surface area contributed by atoms with Crippen molar-refractivity contribution >= 4 is 23.5 Å². The Morgan fingerprint density at radius 2 is 1.93 bits per heavy atom. The van der Waals surface area contributed by atoms with Gasteiger partial charge in [0.2, 0.25) is 11.9 Å². The zero-order valence-electron chi connectivity index (χ0n) is 16.6. The van der Waals surface area contributed by atoms with Crippen LogP contribution in [0.1, 0.15) is 41.6 Å². The van der Waals surface area contributed by atoms with E-state index in [1.54, 1.807) is 23.4 Å². The van der Waals surface area contributed by atoms with Crippen molar-refractivity contribution in [3.63, 3.8) is 0 Å². The van der Waals surface area contributed by atoms with Crippen molar-refractivity contribution in [2.24, 2.45) is 5.92 Å². The standard InChI is InChI=1S/C22H25N5O2/c1-26-18-6-5-16(19(28)25-14-15-3-4-15)13-17(18)22(20(26)29)7-11-27(12-8-22)21-23-9-2-10-24-21/h2,5-6,9-10,13,15H,3-4,7-8,11-12,14H2,1H3,(H,25,28). The fourth-order valence-corrected chi connectivity index (χ4v) is 4.59. The lowest BCUT2D eigenvalue weighted by Crippen LogP contribution is -2.48. The first-order valence-corrected chi connectivity index (χ1v) is 10.3. The van der Waals surface area contributed by atoms with Gasteiger partial charge in [-0.15, -0.1) is 0 Å². The summed E-state index contributed by atoms with van der Waals surface area (Å²) in [6, 6.07) is 7.49. The SMILES string of the molecule is CN1C(=O)C2(CCN(c3ncccn3)CC2)c2cc(C(=O)NCC3CC3)ccc21. The second-order valence-corrected chi connectivity index (χ2v) is 8.37. The van der Waals surface area contributed by atoms with Gasteiger partial charge in [0.25, 0.3) is 5.91 Å². The van der Waals surface area contributed by atoms with E-state index in [-0.39, 0.29) is 11.8 Å². The normalized spacial score (nSPS) is 20.1. The van der Waals surface area contributed by atoms with E-state index in [1.165, 1.54) is 12.8 Å². The molecular formula is C22H25N5O2. The molecule has 0 atom stereocenters. The molecule has 1 aromatic carbocycles. The highest BCUT2D eigenvalue weighted by Crippen LogP contribution is 2.48. The average molecular weight is 391 g/mol. The van der Waals surface area contributed by atoms with Gasteiger partial charge in [0.1, 0.15) is 0 Å². The molecule has 0 radical (unpaired) electrons. The Kier molecular flexibility index (Phi) is 4.26. The summed E-state index contributed by atoms with van der Waals surface area (Å²) in [6.07, 6.45) is 7.26. The zero-order valence-corrected chi connectivity index (χ0v) is 16.6. The second kappa shape index (κ2) is 6.83. The Morgan fingerprint density at radius 3 is 2.62 bits per heavy atom. The Hall–Kier alpha value is -2.96. The fraction of sp³-hybridized carbons (Fsp3) is 0.455. The van der Waals surface area contributed by atoms with E-state index < -0.39 is 5.41 Å². The van der Waals surface area contributed by atoms with Crippen LogP contribution in [0.25, 0.3) is 0 Å². The van der Waals surface area contributed by atoms with Crippen LogP contribution in [0.2, 0.25) is 0 Å². The van der Waals surface area contributed by atoms with Crippen LogP contribution >= 0.6 is 0 Å². The molecule has 1 N–H and O–H groups in total. The lowest BCUT2D eigenvalue weighted by atomic mass is 9.73. The maximum Gasteiger partial charge on any atom is 0.251 e. The Labute approximate surface area is 170 Å². The largest absolute Gasteiger partial charge is 0.352 e. The van der Waals surface area contributed by atoms with Crippen molar-refractivity contribution < 1.29 is 9.59 Å². The van der Waals surface area contributed by atoms with Gasteiger partial charge in [0, 0.05) is 50.3 Å². The molecular weight excluding hydrogens is 366 g/mol. The molecule has 1 aromatic heterocycles. The number of carbonyl (C=O) groups excluding carboxylic acids is 2. The molecule has 2 fully saturated rings. The van der Waals surface area contributed by atoms with Gasteiger partial charge in [0.05, 0.1) is 5.41 Å². The number of likely N-dealkylation sites (N-methyl/N-ethyl adjacent to an activating group) is 1. The molecule has 7 heteroatoms. The minimum atomic E-state index is -0.567. The van der Waals surface area contributed by atoms with Crippen molar-refractivity contribution in [2.75, 3.05) is 36.5 Å². The Morgan fingerprint density at radius 1 is 1.21 bits per heavy atom. The third-order valence-electron chi connectivity index (χ3n) is 6.55. The molecule has 1 spiro atoms. The summed E-state index contributed by atoms with van der Waals surface area (Å²) in [5.74, 6) is 1.41. The second-order valence-electron chi connectivity index (χ2n) is 8.37. The first-order chi connectivity index (χ1) is 14.1. The van der Waals surface area contributed by atoms with Crippen molar-refractivity contribution in [1.29, 1.82) is 0 Å². The monoisotopic (exact) mass is 391 g/mol. The molecule has 2 aromatic rings. The predicted octanol–water partition coefficient (Wildman–Crippen LogP) is 2.13.